The highest BCUT2D eigenvalue weighted by atomic mass is 19.4. The summed E-state index contributed by atoms with van der Waals surface area (Å²) in [4.78, 5) is 10.8. The molecular weight excluding hydrogens is 285 g/mol. The molecule has 1 saturated carbocycles. The highest BCUT2D eigenvalue weighted by Gasteiger charge is 2.41. The van der Waals surface area contributed by atoms with E-state index in [0.29, 0.717) is 18.9 Å². The molecule has 1 fully saturated rings. The molecule has 0 bridgehead atoms. The van der Waals surface area contributed by atoms with Gasteiger partial charge in [-0.25, -0.2) is 0 Å². The molecule has 1 aliphatic rings. The van der Waals surface area contributed by atoms with Gasteiger partial charge >= 0.3 is 6.18 Å². The summed E-state index contributed by atoms with van der Waals surface area (Å²) >= 11 is 0. The first-order valence-corrected chi connectivity index (χ1v) is 6.33. The third kappa shape index (κ3) is 3.13. The molecule has 3 nitrogen and oxygen atoms in total. The summed E-state index contributed by atoms with van der Waals surface area (Å²) in [5.41, 5.74) is -2.34. The number of rotatable bonds is 3. The number of halogens is 3. The molecule has 0 N–H and O–H groups in total. The molecule has 0 amide bonds. The van der Waals surface area contributed by atoms with Crippen molar-refractivity contribution in [2.75, 3.05) is 0 Å². The Morgan fingerprint density at radius 3 is 2.48 bits per heavy atom. The lowest BCUT2D eigenvalue weighted by Gasteiger charge is -2.38. The lowest BCUT2D eigenvalue weighted by molar-refractivity contribution is -0.255. The first-order valence-electron chi connectivity index (χ1n) is 6.33. The van der Waals surface area contributed by atoms with Crippen LogP contribution in [0, 0.1) is 11.8 Å². The Labute approximate surface area is 119 Å². The van der Waals surface area contributed by atoms with Gasteiger partial charge in [0.05, 0.1) is 11.5 Å². The molecule has 6 heteroatoms. The molecule has 0 spiro atoms. The van der Waals surface area contributed by atoms with Crippen LogP contribution in [0.4, 0.5) is 13.2 Å². The van der Waals surface area contributed by atoms with Crippen molar-refractivity contribution in [2.24, 2.45) is 0 Å². The molecule has 21 heavy (non-hydrogen) atoms. The monoisotopic (exact) mass is 297 g/mol. The molecule has 0 unspecified atom stereocenters. The minimum atomic E-state index is -4.63. The van der Waals surface area contributed by atoms with Crippen LogP contribution >= 0.6 is 0 Å². The van der Waals surface area contributed by atoms with Crippen LogP contribution in [-0.2, 0) is 6.18 Å². The van der Waals surface area contributed by atoms with Gasteiger partial charge in [-0.15, -0.1) is 5.92 Å². The summed E-state index contributed by atoms with van der Waals surface area (Å²) < 4.78 is 44.4. The second-order valence-corrected chi connectivity index (χ2v) is 4.82. The quantitative estimate of drug-likeness (QED) is 0.805. The Balaban J connectivity index is 2.45. The number of carbonyl (C=O) groups is 1. The van der Waals surface area contributed by atoms with Crippen molar-refractivity contribution in [3.05, 3.63) is 29.3 Å². The van der Waals surface area contributed by atoms with Gasteiger partial charge in [0, 0.05) is 5.56 Å². The molecule has 0 saturated heterocycles. The molecular formula is C15H12F3O3-. The maximum absolute atomic E-state index is 13.0. The third-order valence-electron chi connectivity index (χ3n) is 3.34. The molecule has 112 valence electrons. The molecule has 1 aliphatic carbocycles. The largest absolute Gasteiger partial charge is 0.545 e. The van der Waals surface area contributed by atoms with Crippen LogP contribution in [0.2, 0.25) is 0 Å². The second kappa shape index (κ2) is 5.32. The summed E-state index contributed by atoms with van der Waals surface area (Å²) in [6, 6.07) is 2.38. The lowest BCUT2D eigenvalue weighted by Crippen LogP contribution is -2.42. The zero-order chi connectivity index (χ0) is 15.7. The normalized spacial score (nSPS) is 16.4. The Morgan fingerprint density at radius 1 is 1.38 bits per heavy atom. The van der Waals surface area contributed by atoms with Crippen molar-refractivity contribution in [3.8, 4) is 17.6 Å². The van der Waals surface area contributed by atoms with E-state index < -0.39 is 29.1 Å². The van der Waals surface area contributed by atoms with Gasteiger partial charge in [0.2, 0.25) is 0 Å². The Kier molecular flexibility index (Phi) is 3.86. The maximum atomic E-state index is 13.0. The van der Waals surface area contributed by atoms with E-state index in [1.165, 1.54) is 0 Å². The number of ether oxygens (including phenoxy) is 1. The van der Waals surface area contributed by atoms with Gasteiger partial charge in [-0.05, 0) is 38.3 Å². The van der Waals surface area contributed by atoms with Crippen LogP contribution in [0.25, 0.3) is 0 Å². The number of hydrogen-bond donors (Lipinski definition) is 0. The molecule has 1 aromatic rings. The zero-order valence-electron chi connectivity index (χ0n) is 11.2. The van der Waals surface area contributed by atoms with E-state index >= 15 is 0 Å². The van der Waals surface area contributed by atoms with Crippen molar-refractivity contribution in [2.45, 2.75) is 38.0 Å². The molecule has 2 rings (SSSR count). The molecule has 0 aliphatic heterocycles. The molecule has 0 heterocycles. The molecule has 0 radical (unpaired) electrons. The van der Waals surface area contributed by atoms with E-state index in [-0.39, 0.29) is 5.56 Å². The smallest absolute Gasteiger partial charge is 0.419 e. The van der Waals surface area contributed by atoms with Crippen LogP contribution < -0.4 is 9.84 Å². The minimum Gasteiger partial charge on any atom is -0.545 e. The Hall–Kier alpha value is -2.16. The second-order valence-electron chi connectivity index (χ2n) is 4.82. The van der Waals surface area contributed by atoms with Gasteiger partial charge in [0.15, 0.2) is 5.60 Å². The molecule has 0 aromatic heterocycles. The molecule has 1 aromatic carbocycles. The van der Waals surface area contributed by atoms with Crippen molar-refractivity contribution < 1.29 is 27.8 Å². The van der Waals surface area contributed by atoms with Gasteiger partial charge in [0.25, 0.3) is 0 Å². The standard InChI is InChI=1S/C15H13F3O3/c1-2-6-14(7-3-8-14)21-12-9-10(13(19)20)4-5-11(12)15(16,17)18/h4-5,9H,3,7-8H2,1H3,(H,19,20)/p-1. The summed E-state index contributed by atoms with van der Waals surface area (Å²) in [6.07, 6.45) is -2.80. The van der Waals surface area contributed by atoms with E-state index in [9.17, 15) is 23.1 Å². The van der Waals surface area contributed by atoms with Gasteiger partial charge in [-0.3, -0.25) is 0 Å². The number of hydrogen-bond acceptors (Lipinski definition) is 3. The van der Waals surface area contributed by atoms with Gasteiger partial charge < -0.3 is 14.6 Å². The topological polar surface area (TPSA) is 49.4 Å². The number of carbonyl (C=O) groups excluding carboxylic acids is 1. The number of carboxylic acids is 1. The van der Waals surface area contributed by atoms with E-state index in [2.05, 4.69) is 11.8 Å². The minimum absolute atomic E-state index is 0.364. The first-order chi connectivity index (χ1) is 9.77. The van der Waals surface area contributed by atoms with Gasteiger partial charge in [-0.2, -0.15) is 13.2 Å². The SMILES string of the molecule is CC#CC1(Oc2cc(C(=O)[O-])ccc2C(F)(F)F)CCC1. The fourth-order valence-electron chi connectivity index (χ4n) is 2.16. The number of alkyl halides is 3. The molecule has 0 atom stereocenters. The van der Waals surface area contributed by atoms with Crippen LogP contribution in [0.5, 0.6) is 5.75 Å². The van der Waals surface area contributed by atoms with Crippen molar-refractivity contribution >= 4 is 5.97 Å². The average Bonchev–Trinajstić information content (AvgIpc) is 2.34. The fraction of sp³-hybridized carbons (Fsp3) is 0.400. The summed E-state index contributed by atoms with van der Waals surface area (Å²) in [6.45, 7) is 1.58. The lowest BCUT2D eigenvalue weighted by atomic mass is 9.80. The van der Waals surface area contributed by atoms with Crippen LogP contribution in [0.1, 0.15) is 42.1 Å². The Morgan fingerprint density at radius 2 is 2.05 bits per heavy atom. The maximum Gasteiger partial charge on any atom is 0.419 e. The van der Waals surface area contributed by atoms with E-state index in [1.807, 2.05) is 0 Å². The zero-order valence-corrected chi connectivity index (χ0v) is 11.2. The van der Waals surface area contributed by atoms with Crippen molar-refractivity contribution in [1.29, 1.82) is 0 Å². The summed E-state index contributed by atoms with van der Waals surface area (Å²) in [7, 11) is 0. The predicted molar refractivity (Wildman–Crippen MR) is 66.4 cm³/mol. The summed E-state index contributed by atoms with van der Waals surface area (Å²) in [5, 5.41) is 10.8. The first kappa shape index (κ1) is 15.2. The van der Waals surface area contributed by atoms with Crippen LogP contribution in [-0.4, -0.2) is 11.6 Å². The highest BCUT2D eigenvalue weighted by molar-refractivity contribution is 5.86. The summed E-state index contributed by atoms with van der Waals surface area (Å²) in [5.74, 6) is 3.33. The van der Waals surface area contributed by atoms with Crippen LogP contribution in [0.15, 0.2) is 18.2 Å². The Bertz CT molecular complexity index is 619. The van der Waals surface area contributed by atoms with Crippen molar-refractivity contribution in [3.63, 3.8) is 0 Å². The number of benzene rings is 1. The number of carboxylic acid groups (broad SMARTS) is 1. The van der Waals surface area contributed by atoms with Crippen molar-refractivity contribution in [1.82, 2.24) is 0 Å². The van der Waals surface area contributed by atoms with E-state index in [1.54, 1.807) is 6.92 Å². The van der Waals surface area contributed by atoms with E-state index in [0.717, 1.165) is 18.6 Å². The average molecular weight is 297 g/mol. The third-order valence-corrected chi connectivity index (χ3v) is 3.34. The van der Waals surface area contributed by atoms with Gasteiger partial charge in [0.1, 0.15) is 5.75 Å². The fourth-order valence-corrected chi connectivity index (χ4v) is 2.16. The van der Waals surface area contributed by atoms with Crippen LogP contribution in [0.3, 0.4) is 0 Å². The van der Waals surface area contributed by atoms with E-state index in [4.69, 9.17) is 4.74 Å². The number of aromatic carboxylic acids is 1. The van der Waals surface area contributed by atoms with Gasteiger partial charge in [-0.1, -0.05) is 12.0 Å². The highest BCUT2D eigenvalue weighted by Crippen LogP contribution is 2.42. The predicted octanol–water partition coefficient (Wildman–Crippen LogP) is 2.39.